The zero-order valence-corrected chi connectivity index (χ0v) is 16.3. The molecule has 27 heavy (non-hydrogen) atoms. The van der Waals surface area contributed by atoms with E-state index in [1.165, 1.54) is 28.5 Å². The highest BCUT2D eigenvalue weighted by Gasteiger charge is 2.13. The molecule has 0 aliphatic carbocycles. The van der Waals surface area contributed by atoms with Gasteiger partial charge < -0.3 is 10.2 Å². The molecule has 1 saturated heterocycles. The number of thiazole rings is 1. The summed E-state index contributed by atoms with van der Waals surface area (Å²) in [5, 5.41) is 5.37. The summed E-state index contributed by atoms with van der Waals surface area (Å²) >= 11 is 3.39. The quantitative estimate of drug-likeness (QED) is 0.713. The summed E-state index contributed by atoms with van der Waals surface area (Å²) in [6.07, 6.45) is 4.87. The number of nitrogens with one attached hydrogen (secondary N) is 1. The Hall–Kier alpha value is -2.45. The van der Waals surface area contributed by atoms with E-state index in [9.17, 15) is 4.79 Å². The van der Waals surface area contributed by atoms with Crippen molar-refractivity contribution in [2.24, 2.45) is 0 Å². The van der Waals surface area contributed by atoms with Gasteiger partial charge in [-0.1, -0.05) is 12.1 Å². The Morgan fingerprint density at radius 1 is 1.15 bits per heavy atom. The summed E-state index contributed by atoms with van der Waals surface area (Å²) in [5.41, 5.74) is 3.40. The Balaban J connectivity index is 1.34. The summed E-state index contributed by atoms with van der Waals surface area (Å²) in [4.78, 5) is 27.4. The molecule has 1 N–H and O–H groups in total. The molecule has 1 fully saturated rings. The van der Waals surface area contributed by atoms with E-state index in [0.29, 0.717) is 22.9 Å². The molecule has 1 aliphatic heterocycles. The Bertz CT molecular complexity index is 892. The van der Waals surface area contributed by atoms with Gasteiger partial charge in [0.25, 0.3) is 5.91 Å². The minimum Gasteiger partial charge on any atom is -0.370 e. The first-order valence-corrected chi connectivity index (χ1v) is 10.7. The summed E-state index contributed by atoms with van der Waals surface area (Å²) in [6, 6.07) is 8.41. The number of carbonyl (C=O) groups excluding carboxylic acids is 1. The number of amides is 1. The number of nitrogens with zero attached hydrogens (tertiary/aromatic N) is 4. The number of hydrogen-bond acceptors (Lipinski definition) is 7. The first-order valence-electron chi connectivity index (χ1n) is 8.71. The van der Waals surface area contributed by atoms with Gasteiger partial charge in [0.05, 0.1) is 6.20 Å². The zero-order valence-electron chi connectivity index (χ0n) is 14.7. The van der Waals surface area contributed by atoms with Crippen LogP contribution in [0.4, 0.5) is 5.69 Å². The topological polar surface area (TPSA) is 71.0 Å². The van der Waals surface area contributed by atoms with Crippen molar-refractivity contribution in [3.8, 4) is 10.7 Å². The SMILES string of the molecule is O=C(NCc1ccc(N2CCSCC2)cc1)c1csc(-c2cnccn2)n1. The molecule has 2 aromatic heterocycles. The van der Waals surface area contributed by atoms with Gasteiger partial charge in [0, 0.05) is 54.6 Å². The maximum atomic E-state index is 12.4. The number of thioether (sulfide) groups is 1. The number of hydrogen-bond donors (Lipinski definition) is 1. The van der Waals surface area contributed by atoms with E-state index in [2.05, 4.69) is 49.4 Å². The van der Waals surface area contributed by atoms with E-state index >= 15 is 0 Å². The van der Waals surface area contributed by atoms with Crippen LogP contribution in [0.25, 0.3) is 10.7 Å². The predicted molar refractivity (Wildman–Crippen MR) is 110 cm³/mol. The Morgan fingerprint density at radius 2 is 1.96 bits per heavy atom. The second-order valence-electron chi connectivity index (χ2n) is 6.08. The van der Waals surface area contributed by atoms with Crippen molar-refractivity contribution in [3.05, 3.63) is 59.5 Å². The highest BCUT2D eigenvalue weighted by molar-refractivity contribution is 7.99. The van der Waals surface area contributed by atoms with Crippen LogP contribution >= 0.6 is 23.1 Å². The van der Waals surface area contributed by atoms with Crippen molar-refractivity contribution in [3.63, 3.8) is 0 Å². The van der Waals surface area contributed by atoms with Gasteiger partial charge in [-0.15, -0.1) is 11.3 Å². The van der Waals surface area contributed by atoms with Gasteiger partial charge >= 0.3 is 0 Å². The van der Waals surface area contributed by atoms with E-state index in [1.807, 2.05) is 11.8 Å². The van der Waals surface area contributed by atoms with Gasteiger partial charge in [-0.3, -0.25) is 14.8 Å². The third-order valence-corrected chi connectivity index (χ3v) is 6.09. The highest BCUT2D eigenvalue weighted by atomic mass is 32.2. The largest absolute Gasteiger partial charge is 0.370 e. The number of carbonyl (C=O) groups is 1. The summed E-state index contributed by atoms with van der Waals surface area (Å²) < 4.78 is 0. The van der Waals surface area contributed by atoms with Crippen LogP contribution in [0.2, 0.25) is 0 Å². The lowest BCUT2D eigenvalue weighted by Crippen LogP contribution is -2.32. The normalized spacial score (nSPS) is 14.1. The van der Waals surface area contributed by atoms with Gasteiger partial charge in [-0.2, -0.15) is 11.8 Å². The second kappa shape index (κ2) is 8.49. The fourth-order valence-electron chi connectivity index (χ4n) is 2.82. The van der Waals surface area contributed by atoms with Gasteiger partial charge in [-0.05, 0) is 17.7 Å². The first-order chi connectivity index (χ1) is 13.3. The van der Waals surface area contributed by atoms with Crippen LogP contribution in [-0.4, -0.2) is 45.5 Å². The van der Waals surface area contributed by atoms with Crippen LogP contribution in [0, 0.1) is 0 Å². The number of rotatable bonds is 5. The fourth-order valence-corrected chi connectivity index (χ4v) is 4.49. The summed E-state index contributed by atoms with van der Waals surface area (Å²) in [5.74, 6) is 2.18. The average Bonchev–Trinajstić information content (AvgIpc) is 3.24. The molecule has 138 valence electrons. The monoisotopic (exact) mass is 397 g/mol. The average molecular weight is 398 g/mol. The summed E-state index contributed by atoms with van der Waals surface area (Å²) in [7, 11) is 0. The molecule has 0 spiro atoms. The molecule has 6 nitrogen and oxygen atoms in total. The molecule has 8 heteroatoms. The first kappa shape index (κ1) is 17.9. The zero-order chi connectivity index (χ0) is 18.5. The molecular weight excluding hydrogens is 378 g/mol. The fraction of sp³-hybridized carbons (Fsp3) is 0.263. The third kappa shape index (κ3) is 4.45. The maximum absolute atomic E-state index is 12.4. The number of benzene rings is 1. The van der Waals surface area contributed by atoms with Crippen molar-refractivity contribution >= 4 is 34.7 Å². The highest BCUT2D eigenvalue weighted by Crippen LogP contribution is 2.21. The van der Waals surface area contributed by atoms with E-state index in [-0.39, 0.29) is 5.91 Å². The lowest BCUT2D eigenvalue weighted by atomic mass is 10.2. The van der Waals surface area contributed by atoms with E-state index in [0.717, 1.165) is 18.7 Å². The van der Waals surface area contributed by atoms with Crippen LogP contribution in [0.3, 0.4) is 0 Å². The van der Waals surface area contributed by atoms with Crippen LogP contribution in [-0.2, 0) is 6.54 Å². The minimum absolute atomic E-state index is 0.182. The molecule has 0 saturated carbocycles. The van der Waals surface area contributed by atoms with Crippen LogP contribution in [0.15, 0.2) is 48.2 Å². The lowest BCUT2D eigenvalue weighted by molar-refractivity contribution is 0.0946. The van der Waals surface area contributed by atoms with Crippen molar-refractivity contribution in [2.45, 2.75) is 6.54 Å². The standard InChI is InChI=1S/C19H19N5OS2/c25-18(17-13-27-19(23-17)16-12-20-5-6-21-16)22-11-14-1-3-15(4-2-14)24-7-9-26-10-8-24/h1-6,12-13H,7-11H2,(H,22,25). The number of aromatic nitrogens is 3. The second-order valence-corrected chi connectivity index (χ2v) is 8.16. The van der Waals surface area contributed by atoms with Gasteiger partial charge in [0.15, 0.2) is 0 Å². The molecule has 0 unspecified atom stereocenters. The Labute approximate surface area is 166 Å². The molecule has 1 aromatic carbocycles. The van der Waals surface area contributed by atoms with Crippen LogP contribution in [0.1, 0.15) is 16.1 Å². The Kier molecular flexibility index (Phi) is 5.64. The van der Waals surface area contributed by atoms with Gasteiger partial charge in [0.2, 0.25) is 0 Å². The molecule has 0 radical (unpaired) electrons. The van der Waals surface area contributed by atoms with Crippen molar-refractivity contribution in [2.75, 3.05) is 29.5 Å². The number of anilines is 1. The smallest absolute Gasteiger partial charge is 0.271 e. The molecule has 3 aromatic rings. The van der Waals surface area contributed by atoms with E-state index in [1.54, 1.807) is 24.0 Å². The van der Waals surface area contributed by atoms with Crippen molar-refractivity contribution in [1.82, 2.24) is 20.3 Å². The van der Waals surface area contributed by atoms with Crippen LogP contribution in [0.5, 0.6) is 0 Å². The summed E-state index contributed by atoms with van der Waals surface area (Å²) in [6.45, 7) is 2.67. The van der Waals surface area contributed by atoms with Crippen molar-refractivity contribution in [1.29, 1.82) is 0 Å². The molecular formula is C19H19N5OS2. The van der Waals surface area contributed by atoms with Gasteiger partial charge in [-0.25, -0.2) is 4.98 Å². The van der Waals surface area contributed by atoms with E-state index in [4.69, 9.17) is 0 Å². The third-order valence-electron chi connectivity index (χ3n) is 4.28. The maximum Gasteiger partial charge on any atom is 0.271 e. The van der Waals surface area contributed by atoms with Crippen molar-refractivity contribution < 1.29 is 4.79 Å². The Morgan fingerprint density at radius 3 is 2.70 bits per heavy atom. The molecule has 4 rings (SSSR count). The molecule has 0 bridgehead atoms. The predicted octanol–water partition coefficient (Wildman–Crippen LogP) is 3.08. The van der Waals surface area contributed by atoms with Crippen LogP contribution < -0.4 is 10.2 Å². The van der Waals surface area contributed by atoms with E-state index < -0.39 is 0 Å². The molecule has 3 heterocycles. The molecule has 0 atom stereocenters. The molecule has 1 aliphatic rings. The minimum atomic E-state index is -0.182. The molecule has 1 amide bonds. The van der Waals surface area contributed by atoms with Gasteiger partial charge in [0.1, 0.15) is 16.4 Å². The lowest BCUT2D eigenvalue weighted by Gasteiger charge is -2.28.